The van der Waals surface area contributed by atoms with Crippen molar-refractivity contribution in [1.29, 1.82) is 0 Å². The van der Waals surface area contributed by atoms with Gasteiger partial charge in [-0.1, -0.05) is 0 Å². The number of halogens is 2. The smallest absolute Gasteiger partial charge is 0.293 e. The Morgan fingerprint density at radius 2 is 2.50 bits per heavy atom. The maximum absolute atomic E-state index is 12.3. The van der Waals surface area contributed by atoms with E-state index in [2.05, 4.69) is 4.74 Å². The molecule has 1 saturated carbocycles. The first-order valence-electron chi connectivity index (χ1n) is 3.07. The highest BCUT2D eigenvalue weighted by Crippen LogP contribution is 2.48. The van der Waals surface area contributed by atoms with Crippen LogP contribution in [0.3, 0.4) is 0 Å². The number of rotatable bonds is 4. The first-order chi connectivity index (χ1) is 4.69. The molecule has 2 unspecified atom stereocenters. The molecule has 1 aliphatic rings. The second-order valence-corrected chi connectivity index (χ2v) is 3.18. The van der Waals surface area contributed by atoms with E-state index in [0.717, 1.165) is 0 Å². The van der Waals surface area contributed by atoms with E-state index in [-0.39, 0.29) is 6.61 Å². The van der Waals surface area contributed by atoms with E-state index in [0.29, 0.717) is 19.3 Å². The molecule has 4 heteroatoms. The maximum Gasteiger partial charge on any atom is 0.293 e. The van der Waals surface area contributed by atoms with Crippen LogP contribution in [-0.4, -0.2) is 24.1 Å². The molecule has 0 bridgehead atoms. The van der Waals surface area contributed by atoms with Gasteiger partial charge in [-0.25, -0.2) is 4.39 Å². The molecule has 0 aliphatic heterocycles. The van der Waals surface area contributed by atoms with Crippen LogP contribution in [0, 0.1) is 0 Å². The van der Waals surface area contributed by atoms with Crippen molar-refractivity contribution in [2.24, 2.45) is 0 Å². The molecule has 2 nitrogen and oxygen atoms in total. The third-order valence-electron chi connectivity index (χ3n) is 1.62. The summed E-state index contributed by atoms with van der Waals surface area (Å²) in [6.45, 7) is 0.559. The van der Waals surface area contributed by atoms with E-state index in [4.69, 9.17) is 11.6 Å². The predicted molar refractivity (Wildman–Crippen MR) is 34.7 cm³/mol. The van der Waals surface area contributed by atoms with Crippen LogP contribution in [-0.2, 0) is 9.53 Å². The highest BCUT2D eigenvalue weighted by atomic mass is 35.5. The Morgan fingerprint density at radius 3 is 2.90 bits per heavy atom. The van der Waals surface area contributed by atoms with Gasteiger partial charge in [0.25, 0.3) is 6.47 Å². The molecule has 0 radical (unpaired) electrons. The van der Waals surface area contributed by atoms with Crippen LogP contribution in [0.2, 0.25) is 0 Å². The molecule has 1 aliphatic carbocycles. The zero-order valence-electron chi connectivity index (χ0n) is 5.35. The van der Waals surface area contributed by atoms with Gasteiger partial charge in [0.1, 0.15) is 6.17 Å². The van der Waals surface area contributed by atoms with Crippen LogP contribution in [0.15, 0.2) is 0 Å². The van der Waals surface area contributed by atoms with Crippen molar-refractivity contribution in [3.8, 4) is 0 Å². The highest BCUT2D eigenvalue weighted by molar-refractivity contribution is 6.26. The van der Waals surface area contributed by atoms with Gasteiger partial charge in [0.15, 0.2) is 0 Å². The fourth-order valence-electron chi connectivity index (χ4n) is 0.774. The van der Waals surface area contributed by atoms with Crippen molar-refractivity contribution in [3.63, 3.8) is 0 Å². The minimum absolute atomic E-state index is 0.216. The molecule has 0 amide bonds. The van der Waals surface area contributed by atoms with E-state index >= 15 is 0 Å². The number of carbonyl (C=O) groups is 1. The molecule has 0 heterocycles. The third kappa shape index (κ3) is 1.59. The minimum atomic E-state index is -0.913. The van der Waals surface area contributed by atoms with Gasteiger partial charge in [0.2, 0.25) is 0 Å². The van der Waals surface area contributed by atoms with Crippen molar-refractivity contribution in [3.05, 3.63) is 0 Å². The summed E-state index contributed by atoms with van der Waals surface area (Å²) in [7, 11) is 0. The van der Waals surface area contributed by atoms with Crippen molar-refractivity contribution in [2.75, 3.05) is 6.61 Å². The largest absolute Gasteiger partial charge is 0.468 e. The zero-order chi connectivity index (χ0) is 7.61. The molecule has 0 aromatic carbocycles. The first-order valence-corrected chi connectivity index (χ1v) is 3.45. The second-order valence-electron chi connectivity index (χ2n) is 2.42. The summed E-state index contributed by atoms with van der Waals surface area (Å²) in [5.41, 5.74) is 0. The van der Waals surface area contributed by atoms with Gasteiger partial charge in [-0.3, -0.25) is 4.79 Å². The Bertz CT molecular complexity index is 142. The zero-order valence-corrected chi connectivity index (χ0v) is 6.10. The average Bonchev–Trinajstić information content (AvgIpc) is 2.42. The summed E-state index contributed by atoms with van der Waals surface area (Å²) in [6.07, 6.45) is -0.116. The molecule has 0 aromatic heterocycles. The number of carbonyl (C=O) groups excluding carboxylic acids is 1. The molecule has 1 fully saturated rings. The lowest BCUT2D eigenvalue weighted by molar-refractivity contribution is -0.128. The van der Waals surface area contributed by atoms with E-state index in [9.17, 15) is 9.18 Å². The van der Waals surface area contributed by atoms with Gasteiger partial charge in [-0.15, -0.1) is 11.6 Å². The SMILES string of the molecule is O=COCCC1(Cl)CC1F. The highest BCUT2D eigenvalue weighted by Gasteiger charge is 2.53. The van der Waals surface area contributed by atoms with Crippen LogP contribution < -0.4 is 0 Å². The van der Waals surface area contributed by atoms with Crippen molar-refractivity contribution in [1.82, 2.24) is 0 Å². The maximum atomic E-state index is 12.3. The van der Waals surface area contributed by atoms with E-state index in [1.165, 1.54) is 0 Å². The van der Waals surface area contributed by atoms with Gasteiger partial charge in [-0.05, 0) is 0 Å². The normalized spacial score (nSPS) is 37.2. The quantitative estimate of drug-likeness (QED) is 0.357. The summed E-state index contributed by atoms with van der Waals surface area (Å²) in [6, 6.07) is 0. The fourth-order valence-corrected chi connectivity index (χ4v) is 0.987. The molecular formula is C6H8ClFO2. The molecule has 58 valence electrons. The Kier molecular flexibility index (Phi) is 2.14. The summed E-state index contributed by atoms with van der Waals surface area (Å²) < 4.78 is 16.7. The van der Waals surface area contributed by atoms with Gasteiger partial charge in [-0.2, -0.15) is 0 Å². The van der Waals surface area contributed by atoms with Gasteiger partial charge >= 0.3 is 0 Å². The Morgan fingerprint density at radius 1 is 1.90 bits per heavy atom. The summed E-state index contributed by atoms with van der Waals surface area (Å²) in [4.78, 5) is 8.91. The number of alkyl halides is 2. The average molecular weight is 167 g/mol. The molecule has 10 heavy (non-hydrogen) atoms. The standard InChI is InChI=1S/C6H8ClFO2/c7-6(3-5(6)8)1-2-10-4-9/h4-5H,1-3H2. The summed E-state index contributed by atoms with van der Waals surface area (Å²) >= 11 is 5.66. The molecule has 0 spiro atoms. The van der Waals surface area contributed by atoms with Gasteiger partial charge in [0, 0.05) is 12.8 Å². The van der Waals surface area contributed by atoms with Crippen LogP contribution >= 0.6 is 11.6 Å². The van der Waals surface area contributed by atoms with Crippen molar-refractivity contribution in [2.45, 2.75) is 23.9 Å². The Hall–Kier alpha value is -0.310. The van der Waals surface area contributed by atoms with E-state index in [1.807, 2.05) is 0 Å². The van der Waals surface area contributed by atoms with Crippen LogP contribution in [0.1, 0.15) is 12.8 Å². The lowest BCUT2D eigenvalue weighted by Gasteiger charge is -2.02. The van der Waals surface area contributed by atoms with Gasteiger partial charge in [0.05, 0.1) is 11.5 Å². The van der Waals surface area contributed by atoms with Crippen molar-refractivity contribution < 1.29 is 13.9 Å². The fraction of sp³-hybridized carbons (Fsp3) is 0.833. The van der Waals surface area contributed by atoms with E-state index in [1.54, 1.807) is 0 Å². The lowest BCUT2D eigenvalue weighted by Crippen LogP contribution is -2.07. The Balaban J connectivity index is 2.09. The van der Waals surface area contributed by atoms with Crippen LogP contribution in [0.4, 0.5) is 4.39 Å². The van der Waals surface area contributed by atoms with E-state index < -0.39 is 11.0 Å². The third-order valence-corrected chi connectivity index (χ3v) is 2.20. The second kappa shape index (κ2) is 2.74. The first kappa shape index (κ1) is 7.79. The molecule has 2 atom stereocenters. The molecule has 0 N–H and O–H groups in total. The van der Waals surface area contributed by atoms with Crippen molar-refractivity contribution >= 4 is 18.1 Å². The molecule has 0 aromatic rings. The molecular weight excluding hydrogens is 159 g/mol. The van der Waals surface area contributed by atoms with Gasteiger partial charge < -0.3 is 4.74 Å². The summed E-state index contributed by atoms with van der Waals surface area (Å²) in [5.74, 6) is 0. The predicted octanol–water partition coefficient (Wildman–Crippen LogP) is 1.27. The van der Waals surface area contributed by atoms with Crippen LogP contribution in [0.25, 0.3) is 0 Å². The number of hydrogen-bond donors (Lipinski definition) is 0. The Labute approximate surface area is 63.3 Å². The summed E-state index contributed by atoms with van der Waals surface area (Å²) in [5, 5.41) is 0. The molecule has 0 saturated heterocycles. The monoisotopic (exact) mass is 166 g/mol. The number of ether oxygens (including phenoxy) is 1. The minimum Gasteiger partial charge on any atom is -0.468 e. The number of hydrogen-bond acceptors (Lipinski definition) is 2. The topological polar surface area (TPSA) is 26.3 Å². The lowest BCUT2D eigenvalue weighted by atomic mass is 10.3. The van der Waals surface area contributed by atoms with Crippen LogP contribution in [0.5, 0.6) is 0 Å². The molecule has 1 rings (SSSR count).